The zero-order chi connectivity index (χ0) is 13.2. The van der Waals surface area contributed by atoms with E-state index in [9.17, 15) is 4.79 Å². The van der Waals surface area contributed by atoms with Gasteiger partial charge in [-0.25, -0.2) is 0 Å². The summed E-state index contributed by atoms with van der Waals surface area (Å²) in [5.74, 6) is 0. The number of benzene rings is 2. The van der Waals surface area contributed by atoms with Crippen molar-refractivity contribution in [2.45, 2.75) is 9.79 Å². The summed E-state index contributed by atoms with van der Waals surface area (Å²) < 4.78 is 0. The molecule has 0 saturated carbocycles. The van der Waals surface area contributed by atoms with Crippen LogP contribution in [0.4, 0.5) is 0 Å². The number of fused-ring (bicyclic) bond motifs is 1. The first kappa shape index (κ1) is 12.3. The second kappa shape index (κ2) is 5.11. The molecule has 0 spiro atoms. The van der Waals surface area contributed by atoms with E-state index in [1.54, 1.807) is 6.07 Å². The molecule has 0 fully saturated rings. The molecule has 4 heteroatoms. The first-order valence-electron chi connectivity index (χ1n) is 5.78. The van der Waals surface area contributed by atoms with E-state index in [2.05, 4.69) is 4.98 Å². The minimum atomic E-state index is -0.0799. The SMILES string of the molecule is O=c1[nH]c2ccc(Cl)cc2cc1Sc1ccccc1. The lowest BCUT2D eigenvalue weighted by Crippen LogP contribution is -2.07. The Morgan fingerprint density at radius 1 is 1.00 bits per heavy atom. The Kier molecular flexibility index (Phi) is 3.32. The molecule has 0 aliphatic heterocycles. The summed E-state index contributed by atoms with van der Waals surface area (Å²) in [5, 5.41) is 1.60. The Balaban J connectivity index is 2.08. The highest BCUT2D eigenvalue weighted by Gasteiger charge is 2.05. The average molecular weight is 288 g/mol. The lowest BCUT2D eigenvalue weighted by Gasteiger charge is -2.03. The molecule has 2 aromatic carbocycles. The van der Waals surface area contributed by atoms with Gasteiger partial charge in [-0.2, -0.15) is 0 Å². The number of nitrogens with one attached hydrogen (secondary N) is 1. The van der Waals surface area contributed by atoms with Crippen LogP contribution in [0.5, 0.6) is 0 Å². The van der Waals surface area contributed by atoms with Crippen LogP contribution in [-0.2, 0) is 0 Å². The topological polar surface area (TPSA) is 32.9 Å². The number of rotatable bonds is 2. The van der Waals surface area contributed by atoms with Gasteiger partial charge >= 0.3 is 0 Å². The van der Waals surface area contributed by atoms with Crippen molar-refractivity contribution in [1.82, 2.24) is 4.98 Å². The van der Waals surface area contributed by atoms with E-state index < -0.39 is 0 Å². The third-order valence-electron chi connectivity index (χ3n) is 2.74. The molecule has 2 nitrogen and oxygen atoms in total. The van der Waals surface area contributed by atoms with Crippen molar-refractivity contribution in [3.8, 4) is 0 Å². The second-order valence-electron chi connectivity index (χ2n) is 4.11. The first-order chi connectivity index (χ1) is 9.22. The maximum atomic E-state index is 12.0. The normalized spacial score (nSPS) is 10.8. The van der Waals surface area contributed by atoms with E-state index in [4.69, 9.17) is 11.6 Å². The van der Waals surface area contributed by atoms with Crippen molar-refractivity contribution in [2.24, 2.45) is 0 Å². The lowest BCUT2D eigenvalue weighted by molar-refractivity contribution is 1.19. The molecule has 0 amide bonds. The van der Waals surface area contributed by atoms with Gasteiger partial charge in [0.05, 0.1) is 4.90 Å². The molecule has 0 radical (unpaired) electrons. The van der Waals surface area contributed by atoms with Crippen LogP contribution in [0.15, 0.2) is 69.2 Å². The van der Waals surface area contributed by atoms with Crippen LogP contribution in [0.1, 0.15) is 0 Å². The second-order valence-corrected chi connectivity index (χ2v) is 5.66. The quantitative estimate of drug-likeness (QED) is 0.761. The van der Waals surface area contributed by atoms with Gasteiger partial charge < -0.3 is 4.98 Å². The fourth-order valence-electron chi connectivity index (χ4n) is 1.85. The Hall–Kier alpha value is -1.71. The highest BCUT2D eigenvalue weighted by atomic mass is 35.5. The number of aromatic nitrogens is 1. The van der Waals surface area contributed by atoms with Crippen molar-refractivity contribution in [3.05, 3.63) is 70.0 Å². The van der Waals surface area contributed by atoms with Crippen molar-refractivity contribution < 1.29 is 0 Å². The van der Waals surface area contributed by atoms with Crippen LogP contribution in [0.3, 0.4) is 0 Å². The lowest BCUT2D eigenvalue weighted by atomic mass is 10.2. The number of aromatic amines is 1. The van der Waals surface area contributed by atoms with E-state index in [1.165, 1.54) is 11.8 Å². The van der Waals surface area contributed by atoms with E-state index in [1.807, 2.05) is 48.5 Å². The first-order valence-corrected chi connectivity index (χ1v) is 6.97. The summed E-state index contributed by atoms with van der Waals surface area (Å²) in [5.41, 5.74) is 0.718. The minimum Gasteiger partial charge on any atom is -0.321 e. The molecule has 3 rings (SSSR count). The largest absolute Gasteiger partial charge is 0.321 e. The fourth-order valence-corrected chi connectivity index (χ4v) is 2.91. The van der Waals surface area contributed by atoms with Gasteiger partial charge in [-0.1, -0.05) is 41.6 Å². The summed E-state index contributed by atoms with van der Waals surface area (Å²) in [7, 11) is 0. The molecular weight excluding hydrogens is 278 g/mol. The van der Waals surface area contributed by atoms with Crippen LogP contribution in [0.2, 0.25) is 5.02 Å². The molecule has 0 saturated heterocycles. The molecule has 0 bridgehead atoms. The molecule has 19 heavy (non-hydrogen) atoms. The van der Waals surface area contributed by atoms with Gasteiger partial charge in [-0.3, -0.25) is 4.79 Å². The molecule has 0 atom stereocenters. The molecule has 1 N–H and O–H groups in total. The van der Waals surface area contributed by atoms with E-state index >= 15 is 0 Å². The standard InChI is InChI=1S/C15H10ClNOS/c16-11-6-7-13-10(8-11)9-14(15(18)17-13)19-12-4-2-1-3-5-12/h1-9H,(H,17,18). The van der Waals surface area contributed by atoms with E-state index in [0.717, 1.165) is 15.8 Å². The zero-order valence-electron chi connectivity index (χ0n) is 9.89. The summed E-state index contributed by atoms with van der Waals surface area (Å²) in [6.07, 6.45) is 0. The number of H-pyrrole nitrogens is 1. The maximum Gasteiger partial charge on any atom is 0.262 e. The molecular formula is C15H10ClNOS. The Bertz CT molecular complexity index is 783. The molecule has 94 valence electrons. The molecule has 1 aromatic heterocycles. The van der Waals surface area contributed by atoms with Crippen molar-refractivity contribution in [1.29, 1.82) is 0 Å². The van der Waals surface area contributed by atoms with Gasteiger partial charge in [-0.15, -0.1) is 0 Å². The van der Waals surface area contributed by atoms with Crippen LogP contribution in [0, 0.1) is 0 Å². The number of pyridine rings is 1. The highest BCUT2D eigenvalue weighted by molar-refractivity contribution is 7.99. The van der Waals surface area contributed by atoms with Gasteiger partial charge in [-0.05, 0) is 36.4 Å². The van der Waals surface area contributed by atoms with Gasteiger partial charge in [0.15, 0.2) is 0 Å². The Morgan fingerprint density at radius 2 is 1.79 bits per heavy atom. The summed E-state index contributed by atoms with van der Waals surface area (Å²) in [4.78, 5) is 16.6. The third kappa shape index (κ3) is 2.67. The zero-order valence-corrected chi connectivity index (χ0v) is 11.5. The van der Waals surface area contributed by atoms with Gasteiger partial charge in [0.25, 0.3) is 5.56 Å². The van der Waals surface area contributed by atoms with Gasteiger partial charge in [0.2, 0.25) is 0 Å². The average Bonchev–Trinajstić information content (AvgIpc) is 2.41. The molecule has 0 aliphatic carbocycles. The smallest absolute Gasteiger partial charge is 0.262 e. The monoisotopic (exact) mass is 287 g/mol. The van der Waals surface area contributed by atoms with Crippen LogP contribution >= 0.6 is 23.4 Å². The van der Waals surface area contributed by atoms with Gasteiger partial charge in [0.1, 0.15) is 0 Å². The molecule has 3 aromatic rings. The predicted molar refractivity (Wildman–Crippen MR) is 80.1 cm³/mol. The third-order valence-corrected chi connectivity index (χ3v) is 4.01. The Morgan fingerprint density at radius 3 is 2.58 bits per heavy atom. The molecule has 0 aliphatic rings. The number of hydrogen-bond donors (Lipinski definition) is 1. The fraction of sp³-hybridized carbons (Fsp3) is 0. The summed E-state index contributed by atoms with van der Waals surface area (Å²) in [6.45, 7) is 0. The highest BCUT2D eigenvalue weighted by Crippen LogP contribution is 2.27. The molecule has 0 unspecified atom stereocenters. The van der Waals surface area contributed by atoms with Crippen LogP contribution < -0.4 is 5.56 Å². The molecule has 1 heterocycles. The number of halogens is 1. The van der Waals surface area contributed by atoms with E-state index in [0.29, 0.717) is 9.92 Å². The van der Waals surface area contributed by atoms with Crippen LogP contribution in [0.25, 0.3) is 10.9 Å². The minimum absolute atomic E-state index is 0.0799. The summed E-state index contributed by atoms with van der Waals surface area (Å²) in [6, 6.07) is 17.1. The van der Waals surface area contributed by atoms with Crippen molar-refractivity contribution in [3.63, 3.8) is 0 Å². The van der Waals surface area contributed by atoms with Gasteiger partial charge in [0, 0.05) is 20.8 Å². The predicted octanol–water partition coefficient (Wildman–Crippen LogP) is 4.33. The summed E-state index contributed by atoms with van der Waals surface area (Å²) >= 11 is 7.42. The van der Waals surface area contributed by atoms with E-state index in [-0.39, 0.29) is 5.56 Å². The van der Waals surface area contributed by atoms with Crippen molar-refractivity contribution in [2.75, 3.05) is 0 Å². The number of hydrogen-bond acceptors (Lipinski definition) is 2. The van der Waals surface area contributed by atoms with Crippen molar-refractivity contribution >= 4 is 34.3 Å². The Labute approximate surface area is 119 Å². The van der Waals surface area contributed by atoms with Crippen LogP contribution in [-0.4, -0.2) is 4.98 Å². The maximum absolute atomic E-state index is 12.0.